The average molecular weight is 385 g/mol. The van der Waals surface area contributed by atoms with Crippen LogP contribution in [0.15, 0.2) is 49.1 Å². The molecule has 0 aliphatic carbocycles. The molecule has 1 aromatic carbocycles. The zero-order chi connectivity index (χ0) is 20.2. The van der Waals surface area contributed by atoms with Gasteiger partial charge in [-0.15, -0.1) is 0 Å². The smallest absolute Gasteiger partial charge is 0.281 e. The molecule has 145 valence electrons. The number of nitrogens with zero attached hydrogens (tertiary/aromatic N) is 5. The molecule has 0 saturated carbocycles. The van der Waals surface area contributed by atoms with Gasteiger partial charge < -0.3 is 14.9 Å². The van der Waals surface area contributed by atoms with Crippen molar-refractivity contribution in [3.63, 3.8) is 0 Å². The first-order valence-corrected chi connectivity index (χ1v) is 9.45. The van der Waals surface area contributed by atoms with Gasteiger partial charge >= 0.3 is 0 Å². The maximum absolute atomic E-state index is 5.88. The summed E-state index contributed by atoms with van der Waals surface area (Å²) in [5, 5.41) is 1.21. The Morgan fingerprint density at radius 2 is 1.93 bits per heavy atom. The monoisotopic (exact) mass is 385 g/mol. The molecule has 0 aliphatic rings. The van der Waals surface area contributed by atoms with E-state index in [0.717, 1.165) is 11.2 Å². The number of hydrogen-bond donors (Lipinski definition) is 1. The van der Waals surface area contributed by atoms with E-state index in [9.17, 15) is 0 Å². The first-order valence-electron chi connectivity index (χ1n) is 9.45. The highest BCUT2D eigenvalue weighted by Crippen LogP contribution is 2.28. The predicted molar refractivity (Wildman–Crippen MR) is 118 cm³/mol. The van der Waals surface area contributed by atoms with Crippen molar-refractivity contribution in [3.05, 3.63) is 60.3 Å². The van der Waals surface area contributed by atoms with Crippen LogP contribution < -0.4 is 5.73 Å². The number of nitrogen functional groups attached to an aromatic ring is 1. The Balaban J connectivity index is 1.55. The number of nitrogens with two attached hydrogens (primary N) is 1. The number of rotatable bonds is 7. The van der Waals surface area contributed by atoms with Crippen molar-refractivity contribution in [1.29, 1.82) is 0 Å². The van der Waals surface area contributed by atoms with Crippen LogP contribution >= 0.6 is 0 Å². The lowest BCUT2D eigenvalue weighted by atomic mass is 9.95. The van der Waals surface area contributed by atoms with Gasteiger partial charge in [-0.2, -0.15) is 0 Å². The van der Waals surface area contributed by atoms with Crippen molar-refractivity contribution in [2.24, 2.45) is 0 Å². The van der Waals surface area contributed by atoms with Crippen molar-refractivity contribution in [1.82, 2.24) is 24.0 Å². The summed E-state index contributed by atoms with van der Waals surface area (Å²) in [5.74, 6) is 0.367. The van der Waals surface area contributed by atoms with E-state index < -0.39 is 0 Å². The van der Waals surface area contributed by atoms with Crippen LogP contribution in [0.5, 0.6) is 0 Å². The Kier molecular flexibility index (Phi) is 5.44. The second kappa shape index (κ2) is 8.32. The van der Waals surface area contributed by atoms with Crippen LogP contribution in [0, 0.1) is 0 Å². The molecule has 3 aromatic heterocycles. The summed E-state index contributed by atoms with van der Waals surface area (Å²) in [5.41, 5.74) is 10.6. The second-order valence-corrected chi connectivity index (χ2v) is 6.51. The average Bonchev–Trinajstić information content (AvgIpc) is 3.27. The summed E-state index contributed by atoms with van der Waals surface area (Å²) in [7, 11) is 2.05. The molecule has 0 unspecified atom stereocenters. The van der Waals surface area contributed by atoms with E-state index in [1.165, 1.54) is 17.3 Å². The molecule has 1 radical (unpaired) electrons. The fourth-order valence-electron chi connectivity index (χ4n) is 3.45. The Hall–Kier alpha value is -3.39. The standard InChI is InChI=1S/C21H22BN6O/c1-3-7-15-16-9-5-6-10-18(16)28(17(15)8-4-2)22-11-29-14-27-13-26-19-20(23)24-12-25-21(19)27/h3-10,12-13H,11,14H2,1-2H3,(H2,23,24,25)/b7-3-,8-4-. The van der Waals surface area contributed by atoms with E-state index >= 15 is 0 Å². The molecule has 0 atom stereocenters. The van der Waals surface area contributed by atoms with Gasteiger partial charge in [-0.3, -0.25) is 4.57 Å². The summed E-state index contributed by atoms with van der Waals surface area (Å²) < 4.78 is 9.87. The van der Waals surface area contributed by atoms with Crippen LogP contribution in [0.25, 0.3) is 34.2 Å². The number of para-hydroxylation sites is 1. The minimum Gasteiger partial charge on any atom is -0.387 e. The summed E-state index contributed by atoms with van der Waals surface area (Å²) in [6.45, 7) is 4.81. The highest BCUT2D eigenvalue weighted by atomic mass is 16.5. The van der Waals surface area contributed by atoms with Crippen LogP contribution in [0.3, 0.4) is 0 Å². The summed E-state index contributed by atoms with van der Waals surface area (Å²) in [4.78, 5) is 12.5. The van der Waals surface area contributed by atoms with Crippen molar-refractivity contribution in [2.75, 3.05) is 12.2 Å². The quantitative estimate of drug-likeness (QED) is 0.389. The number of imidazole rings is 1. The summed E-state index contributed by atoms with van der Waals surface area (Å²) in [6.07, 6.45) is 11.5. The van der Waals surface area contributed by atoms with Crippen LogP contribution in [-0.2, 0) is 11.5 Å². The molecule has 7 nitrogen and oxygen atoms in total. The van der Waals surface area contributed by atoms with E-state index in [2.05, 4.69) is 55.9 Å². The van der Waals surface area contributed by atoms with Gasteiger partial charge in [-0.05, 0) is 26.0 Å². The third-order valence-electron chi connectivity index (χ3n) is 4.68. The van der Waals surface area contributed by atoms with Crippen LogP contribution in [-0.4, -0.2) is 37.9 Å². The second-order valence-electron chi connectivity index (χ2n) is 6.51. The molecule has 0 amide bonds. The zero-order valence-corrected chi connectivity index (χ0v) is 16.5. The molecule has 2 N–H and O–H groups in total. The molecule has 4 aromatic rings. The maximum Gasteiger partial charge on any atom is 0.281 e. The van der Waals surface area contributed by atoms with Crippen molar-refractivity contribution >= 4 is 47.5 Å². The van der Waals surface area contributed by atoms with Crippen molar-refractivity contribution < 1.29 is 4.74 Å². The number of benzene rings is 1. The summed E-state index contributed by atoms with van der Waals surface area (Å²) in [6, 6.07) is 8.38. The lowest BCUT2D eigenvalue weighted by Crippen LogP contribution is -2.16. The zero-order valence-electron chi connectivity index (χ0n) is 16.5. The Morgan fingerprint density at radius 1 is 1.10 bits per heavy atom. The van der Waals surface area contributed by atoms with Crippen molar-refractivity contribution in [3.8, 4) is 0 Å². The molecule has 0 bridgehead atoms. The fourth-order valence-corrected chi connectivity index (χ4v) is 3.45. The Bertz CT molecular complexity index is 1210. The maximum atomic E-state index is 5.88. The number of ether oxygens (including phenoxy) is 1. The van der Waals surface area contributed by atoms with Gasteiger partial charge in [0.05, 0.1) is 6.33 Å². The fraction of sp³-hybridized carbons (Fsp3) is 0.190. The molecule has 8 heteroatoms. The van der Waals surface area contributed by atoms with Gasteiger partial charge in [0, 0.05) is 28.7 Å². The highest BCUT2D eigenvalue weighted by molar-refractivity contribution is 6.36. The Morgan fingerprint density at radius 3 is 2.76 bits per heavy atom. The lowest BCUT2D eigenvalue weighted by Gasteiger charge is -2.09. The number of hydrogen-bond acceptors (Lipinski definition) is 5. The highest BCUT2D eigenvalue weighted by Gasteiger charge is 2.14. The largest absolute Gasteiger partial charge is 0.387 e. The van der Waals surface area contributed by atoms with E-state index in [1.807, 2.05) is 38.0 Å². The first-order chi connectivity index (χ1) is 14.2. The molecule has 4 rings (SSSR count). The molecular formula is C21H22BN6O. The molecule has 0 spiro atoms. The van der Waals surface area contributed by atoms with E-state index in [4.69, 9.17) is 10.5 Å². The molecular weight excluding hydrogens is 363 g/mol. The van der Waals surface area contributed by atoms with Crippen molar-refractivity contribution in [2.45, 2.75) is 20.6 Å². The van der Waals surface area contributed by atoms with E-state index in [-0.39, 0.29) is 0 Å². The first kappa shape index (κ1) is 19.0. The molecule has 3 heterocycles. The van der Waals surface area contributed by atoms with Crippen LogP contribution in [0.1, 0.15) is 25.1 Å². The van der Waals surface area contributed by atoms with E-state index in [0.29, 0.717) is 30.2 Å². The molecule has 29 heavy (non-hydrogen) atoms. The minimum absolute atomic E-state index is 0.323. The lowest BCUT2D eigenvalue weighted by molar-refractivity contribution is 0.114. The van der Waals surface area contributed by atoms with Crippen LogP contribution in [0.4, 0.5) is 5.82 Å². The van der Waals surface area contributed by atoms with Gasteiger partial charge in [0.1, 0.15) is 18.6 Å². The number of aromatic nitrogens is 5. The third-order valence-corrected chi connectivity index (χ3v) is 4.68. The number of anilines is 1. The van der Waals surface area contributed by atoms with Gasteiger partial charge in [0.25, 0.3) is 7.41 Å². The molecule has 0 aliphatic heterocycles. The topological polar surface area (TPSA) is 83.8 Å². The number of fused-ring (bicyclic) bond motifs is 2. The minimum atomic E-state index is 0.323. The predicted octanol–water partition coefficient (Wildman–Crippen LogP) is 3.53. The normalized spacial score (nSPS) is 12.1. The Labute approximate surface area is 169 Å². The molecule has 0 saturated heterocycles. The SMILES string of the molecule is C/C=C\c1c(/C=C\C)n([B]COCn2cnc3c(N)ncnc32)c2ccccc12. The van der Waals surface area contributed by atoms with Gasteiger partial charge in [0.2, 0.25) is 0 Å². The van der Waals surface area contributed by atoms with Crippen LogP contribution in [0.2, 0.25) is 0 Å². The summed E-state index contributed by atoms with van der Waals surface area (Å²) >= 11 is 0. The van der Waals surface area contributed by atoms with Gasteiger partial charge in [-0.25, -0.2) is 15.0 Å². The van der Waals surface area contributed by atoms with Gasteiger partial charge in [-0.1, -0.05) is 36.4 Å². The van der Waals surface area contributed by atoms with E-state index in [1.54, 1.807) is 6.33 Å². The molecule has 0 fully saturated rings. The number of allylic oxidation sites excluding steroid dienone is 2. The van der Waals surface area contributed by atoms with Gasteiger partial charge in [0.15, 0.2) is 11.5 Å². The third kappa shape index (κ3) is 3.54.